The van der Waals surface area contributed by atoms with Crippen molar-refractivity contribution in [2.24, 2.45) is 0 Å². The van der Waals surface area contributed by atoms with Gasteiger partial charge in [0.1, 0.15) is 12.2 Å². The van der Waals surface area contributed by atoms with Crippen LogP contribution in [0.25, 0.3) is 10.7 Å². The van der Waals surface area contributed by atoms with Crippen molar-refractivity contribution >= 4 is 11.3 Å². The first-order valence-electron chi connectivity index (χ1n) is 7.30. The molecular weight excluding hydrogens is 300 g/mol. The van der Waals surface area contributed by atoms with Gasteiger partial charge in [0.25, 0.3) is 0 Å². The van der Waals surface area contributed by atoms with E-state index in [0.717, 1.165) is 30.1 Å². The van der Waals surface area contributed by atoms with Crippen LogP contribution < -0.4 is 5.32 Å². The van der Waals surface area contributed by atoms with Gasteiger partial charge in [0.15, 0.2) is 0 Å². The molecule has 0 saturated heterocycles. The maximum atomic E-state index is 5.39. The number of hydrogen-bond acceptors (Lipinski definition) is 7. The van der Waals surface area contributed by atoms with E-state index < -0.39 is 0 Å². The second-order valence-corrected chi connectivity index (χ2v) is 6.36. The van der Waals surface area contributed by atoms with E-state index in [0.29, 0.717) is 17.8 Å². The topological polar surface area (TPSA) is 81.7 Å². The summed E-state index contributed by atoms with van der Waals surface area (Å²) >= 11 is 1.61. The third-order valence-electron chi connectivity index (χ3n) is 3.84. The highest BCUT2D eigenvalue weighted by atomic mass is 32.1. The molecule has 22 heavy (non-hydrogen) atoms. The van der Waals surface area contributed by atoms with Gasteiger partial charge in [0.2, 0.25) is 11.7 Å². The van der Waals surface area contributed by atoms with Gasteiger partial charge in [-0.25, -0.2) is 9.67 Å². The number of rotatable bonds is 4. The van der Waals surface area contributed by atoms with Crippen LogP contribution in [0.3, 0.4) is 0 Å². The quantitative estimate of drug-likeness (QED) is 0.793. The summed E-state index contributed by atoms with van der Waals surface area (Å²) in [4.78, 5) is 9.75. The van der Waals surface area contributed by atoms with E-state index in [2.05, 4.69) is 25.5 Å². The van der Waals surface area contributed by atoms with Crippen LogP contribution in [0.15, 0.2) is 28.4 Å². The molecule has 4 rings (SSSR count). The molecule has 0 radical (unpaired) electrons. The fourth-order valence-corrected chi connectivity index (χ4v) is 3.36. The van der Waals surface area contributed by atoms with Gasteiger partial charge in [0.05, 0.1) is 17.5 Å². The van der Waals surface area contributed by atoms with Crippen molar-refractivity contribution in [1.29, 1.82) is 0 Å². The predicted molar refractivity (Wildman–Crippen MR) is 81.3 cm³/mol. The van der Waals surface area contributed by atoms with Gasteiger partial charge >= 0.3 is 0 Å². The minimum Gasteiger partial charge on any atom is -0.337 e. The Labute approximate surface area is 131 Å². The zero-order chi connectivity index (χ0) is 14.9. The monoisotopic (exact) mass is 316 g/mol. The lowest BCUT2D eigenvalue weighted by Crippen LogP contribution is -2.39. The van der Waals surface area contributed by atoms with Gasteiger partial charge in [-0.15, -0.1) is 11.3 Å². The first-order chi connectivity index (χ1) is 10.8. The van der Waals surface area contributed by atoms with Crippen LogP contribution in [-0.4, -0.2) is 30.9 Å². The van der Waals surface area contributed by atoms with E-state index in [1.165, 1.54) is 0 Å². The van der Waals surface area contributed by atoms with Crippen molar-refractivity contribution in [3.63, 3.8) is 0 Å². The predicted octanol–water partition coefficient (Wildman–Crippen LogP) is 2.06. The third-order valence-corrected chi connectivity index (χ3v) is 4.71. The number of hydrogen-bond donors (Lipinski definition) is 1. The van der Waals surface area contributed by atoms with E-state index in [1.807, 2.05) is 29.1 Å². The number of aromatic nitrogens is 5. The van der Waals surface area contributed by atoms with Crippen LogP contribution in [0, 0.1) is 0 Å². The Balaban J connectivity index is 1.43. The molecule has 0 aromatic carbocycles. The highest BCUT2D eigenvalue weighted by molar-refractivity contribution is 7.13. The minimum atomic E-state index is 0.0104. The Hall–Kier alpha value is -2.06. The third kappa shape index (κ3) is 2.55. The summed E-state index contributed by atoms with van der Waals surface area (Å²) in [6, 6.07) is 4.32. The Kier molecular flexibility index (Phi) is 3.47. The molecule has 1 N–H and O–H groups in total. The second kappa shape index (κ2) is 5.62. The lowest BCUT2D eigenvalue weighted by molar-refractivity contribution is 0.288. The van der Waals surface area contributed by atoms with Crippen LogP contribution in [0.5, 0.6) is 0 Å². The van der Waals surface area contributed by atoms with E-state index in [-0.39, 0.29) is 6.04 Å². The molecule has 0 spiro atoms. The summed E-state index contributed by atoms with van der Waals surface area (Å²) in [5, 5.41) is 13.8. The molecule has 0 saturated carbocycles. The van der Waals surface area contributed by atoms with E-state index in [4.69, 9.17) is 4.52 Å². The standard InChI is InChI=1S/C14H16N6OS/c1-9(14-18-13(19-21-14)11-3-2-6-22-11)17-10-4-5-12-15-8-16-20(12)7-10/h2-3,6,8-10,17H,4-5,7H2,1H3/t9-,10+/m0/s1. The summed E-state index contributed by atoms with van der Waals surface area (Å²) in [6.45, 7) is 2.87. The summed E-state index contributed by atoms with van der Waals surface area (Å²) in [5.41, 5.74) is 0. The van der Waals surface area contributed by atoms with Gasteiger partial charge in [-0.2, -0.15) is 10.1 Å². The van der Waals surface area contributed by atoms with Gasteiger partial charge < -0.3 is 9.84 Å². The van der Waals surface area contributed by atoms with Gasteiger partial charge in [-0.1, -0.05) is 11.2 Å². The highest BCUT2D eigenvalue weighted by Gasteiger charge is 2.23. The molecule has 114 valence electrons. The van der Waals surface area contributed by atoms with Crippen molar-refractivity contribution < 1.29 is 4.52 Å². The van der Waals surface area contributed by atoms with Crippen LogP contribution in [0.1, 0.15) is 31.1 Å². The average molecular weight is 316 g/mol. The van der Waals surface area contributed by atoms with Crippen LogP contribution >= 0.6 is 11.3 Å². The maximum absolute atomic E-state index is 5.39. The molecule has 0 amide bonds. The molecule has 0 aliphatic carbocycles. The summed E-state index contributed by atoms with van der Waals surface area (Å²) in [7, 11) is 0. The molecule has 0 fully saturated rings. The molecule has 3 aromatic heterocycles. The number of aryl methyl sites for hydroxylation is 1. The smallest absolute Gasteiger partial charge is 0.243 e. The van der Waals surface area contributed by atoms with Crippen molar-refractivity contribution in [1.82, 2.24) is 30.2 Å². The van der Waals surface area contributed by atoms with Gasteiger partial charge in [0, 0.05) is 12.5 Å². The Morgan fingerprint density at radius 3 is 3.32 bits per heavy atom. The van der Waals surface area contributed by atoms with Gasteiger partial charge in [-0.05, 0) is 24.8 Å². The van der Waals surface area contributed by atoms with Crippen LogP contribution in [-0.2, 0) is 13.0 Å². The molecule has 7 nitrogen and oxygen atoms in total. The van der Waals surface area contributed by atoms with Crippen molar-refractivity contribution in [3.05, 3.63) is 35.6 Å². The number of nitrogens with one attached hydrogen (secondary N) is 1. The molecule has 4 heterocycles. The molecular formula is C14H16N6OS. The van der Waals surface area contributed by atoms with Crippen molar-refractivity contribution in [2.45, 2.75) is 38.4 Å². The maximum Gasteiger partial charge on any atom is 0.243 e. The SMILES string of the molecule is C[C@H](N[C@@H]1CCc2ncnn2C1)c1nc(-c2cccs2)no1. The summed E-state index contributed by atoms with van der Waals surface area (Å²) in [5.74, 6) is 2.33. The number of nitrogens with zero attached hydrogens (tertiary/aromatic N) is 5. The summed E-state index contributed by atoms with van der Waals surface area (Å²) in [6.07, 6.45) is 3.59. The van der Waals surface area contributed by atoms with Crippen molar-refractivity contribution in [3.8, 4) is 10.7 Å². The molecule has 3 aromatic rings. The van der Waals surface area contributed by atoms with Gasteiger partial charge in [-0.3, -0.25) is 0 Å². The molecule has 1 aliphatic heterocycles. The van der Waals surface area contributed by atoms with Crippen LogP contribution in [0.4, 0.5) is 0 Å². The first kappa shape index (κ1) is 13.6. The molecule has 8 heteroatoms. The minimum absolute atomic E-state index is 0.0104. The van der Waals surface area contributed by atoms with Crippen LogP contribution in [0.2, 0.25) is 0 Å². The van der Waals surface area contributed by atoms with E-state index in [1.54, 1.807) is 17.7 Å². The lowest BCUT2D eigenvalue weighted by atomic mass is 10.1. The van der Waals surface area contributed by atoms with E-state index in [9.17, 15) is 0 Å². The van der Waals surface area contributed by atoms with E-state index >= 15 is 0 Å². The normalized spacial score (nSPS) is 19.0. The molecule has 1 aliphatic rings. The fraction of sp³-hybridized carbons (Fsp3) is 0.429. The molecule has 0 unspecified atom stereocenters. The van der Waals surface area contributed by atoms with Crippen molar-refractivity contribution in [2.75, 3.05) is 0 Å². The largest absolute Gasteiger partial charge is 0.337 e. The zero-order valence-electron chi connectivity index (χ0n) is 12.1. The average Bonchev–Trinajstić information content (AvgIpc) is 3.26. The number of thiophene rings is 1. The lowest BCUT2D eigenvalue weighted by Gasteiger charge is -2.25. The molecule has 2 atom stereocenters. The first-order valence-corrected chi connectivity index (χ1v) is 8.18. The highest BCUT2D eigenvalue weighted by Crippen LogP contribution is 2.23. The number of fused-ring (bicyclic) bond motifs is 1. The Morgan fingerprint density at radius 1 is 1.50 bits per heavy atom. The Bertz CT molecular complexity index is 749. The zero-order valence-corrected chi connectivity index (χ0v) is 13.0. The second-order valence-electron chi connectivity index (χ2n) is 5.42. The fourth-order valence-electron chi connectivity index (χ4n) is 2.72. The molecule has 0 bridgehead atoms. The summed E-state index contributed by atoms with van der Waals surface area (Å²) < 4.78 is 7.35. The Morgan fingerprint density at radius 2 is 2.45 bits per heavy atom.